The first-order valence-electron chi connectivity index (χ1n) is 11.6. The van der Waals surface area contributed by atoms with E-state index in [1.807, 2.05) is 60.7 Å². The van der Waals surface area contributed by atoms with E-state index in [-0.39, 0.29) is 24.2 Å². The first kappa shape index (κ1) is 26.3. The minimum Gasteiger partial charge on any atom is -0.493 e. The van der Waals surface area contributed by atoms with Gasteiger partial charge in [-0.15, -0.1) is 0 Å². The fourth-order valence-electron chi connectivity index (χ4n) is 3.82. The number of hydrogen-bond donors (Lipinski definition) is 3. The van der Waals surface area contributed by atoms with Crippen molar-refractivity contribution in [1.29, 1.82) is 5.41 Å². The summed E-state index contributed by atoms with van der Waals surface area (Å²) in [6.07, 6.45) is 0.405. The quantitative estimate of drug-likeness (QED) is 0.300. The van der Waals surface area contributed by atoms with Crippen molar-refractivity contribution in [2.45, 2.75) is 25.4 Å². The Bertz CT molecular complexity index is 1170. The van der Waals surface area contributed by atoms with Crippen molar-refractivity contribution in [3.8, 4) is 11.5 Å². The Morgan fingerprint density at radius 2 is 1.47 bits per heavy atom. The van der Waals surface area contributed by atoms with E-state index in [9.17, 15) is 9.59 Å². The van der Waals surface area contributed by atoms with E-state index in [1.54, 1.807) is 37.3 Å². The van der Waals surface area contributed by atoms with Gasteiger partial charge in [0.25, 0.3) is 0 Å². The van der Waals surface area contributed by atoms with Crippen molar-refractivity contribution in [1.82, 2.24) is 15.5 Å². The largest absolute Gasteiger partial charge is 0.493 e. The summed E-state index contributed by atoms with van der Waals surface area (Å²) in [7, 11) is 4.80. The van der Waals surface area contributed by atoms with Crippen LogP contribution in [0.15, 0.2) is 78.9 Å². The van der Waals surface area contributed by atoms with Crippen LogP contribution in [0.3, 0.4) is 0 Å². The monoisotopic (exact) mass is 488 g/mol. The molecule has 8 heteroatoms. The second-order valence-electron chi connectivity index (χ2n) is 8.36. The summed E-state index contributed by atoms with van der Waals surface area (Å²) in [6.45, 7) is 0.436. The van der Waals surface area contributed by atoms with Crippen molar-refractivity contribution < 1.29 is 19.1 Å². The lowest BCUT2D eigenvalue weighted by atomic mass is 10.0. The Morgan fingerprint density at radius 1 is 0.861 bits per heavy atom. The fourth-order valence-corrected chi connectivity index (χ4v) is 3.82. The molecule has 0 saturated heterocycles. The van der Waals surface area contributed by atoms with Gasteiger partial charge in [-0.3, -0.25) is 20.3 Å². The zero-order chi connectivity index (χ0) is 25.9. The molecule has 0 radical (unpaired) electrons. The molecule has 3 N–H and O–H groups in total. The maximum atomic E-state index is 13.3. The van der Waals surface area contributed by atoms with E-state index in [0.29, 0.717) is 30.0 Å². The van der Waals surface area contributed by atoms with Crippen LogP contribution >= 0.6 is 0 Å². The van der Waals surface area contributed by atoms with E-state index in [1.165, 1.54) is 7.11 Å². The molecule has 0 aliphatic heterocycles. The van der Waals surface area contributed by atoms with Crippen LogP contribution < -0.4 is 20.1 Å². The van der Waals surface area contributed by atoms with Crippen LogP contribution in [-0.2, 0) is 29.0 Å². The van der Waals surface area contributed by atoms with Crippen molar-refractivity contribution in [2.24, 2.45) is 0 Å². The minimum atomic E-state index is -0.727. The number of ether oxygens (including phenoxy) is 2. The number of likely N-dealkylation sites (N-methyl/N-ethyl adjacent to an activating group) is 1. The van der Waals surface area contributed by atoms with Gasteiger partial charge in [-0.05, 0) is 28.8 Å². The molecule has 0 aromatic heterocycles. The summed E-state index contributed by atoms with van der Waals surface area (Å²) < 4.78 is 10.5. The van der Waals surface area contributed by atoms with Crippen LogP contribution in [0, 0.1) is 5.41 Å². The molecule has 0 bridgehead atoms. The topological polar surface area (TPSA) is 104 Å². The molecule has 0 fully saturated rings. The normalized spacial score (nSPS) is 11.2. The molecule has 0 aliphatic rings. The lowest BCUT2D eigenvalue weighted by Crippen LogP contribution is -2.52. The molecule has 0 saturated carbocycles. The van der Waals surface area contributed by atoms with Gasteiger partial charge >= 0.3 is 0 Å². The molecule has 3 aromatic carbocycles. The van der Waals surface area contributed by atoms with Crippen LogP contribution in [0.5, 0.6) is 11.5 Å². The summed E-state index contributed by atoms with van der Waals surface area (Å²) in [5, 5.41) is 13.8. The third-order valence-electron chi connectivity index (χ3n) is 5.62. The number of nitrogens with one attached hydrogen (secondary N) is 3. The number of carbonyl (C=O) groups is 2. The number of methoxy groups -OCH3 is 2. The molecule has 0 heterocycles. The summed E-state index contributed by atoms with van der Waals surface area (Å²) in [5.74, 6) is 0.289. The predicted molar refractivity (Wildman–Crippen MR) is 139 cm³/mol. The van der Waals surface area contributed by atoms with Crippen LogP contribution in [0.25, 0.3) is 0 Å². The van der Waals surface area contributed by atoms with Gasteiger partial charge in [0.1, 0.15) is 6.04 Å². The van der Waals surface area contributed by atoms with Gasteiger partial charge in [-0.1, -0.05) is 66.7 Å². The maximum absolute atomic E-state index is 13.3. The predicted octanol–water partition coefficient (Wildman–Crippen LogP) is 3.16. The lowest BCUT2D eigenvalue weighted by Gasteiger charge is -2.26. The SMILES string of the molecule is COc1ccc(CC(=O)NC(=N)N[C@H](Cc2ccccc2)C(=O)N(C)Cc2ccccc2)cc1OC. The highest BCUT2D eigenvalue weighted by atomic mass is 16.5. The highest BCUT2D eigenvalue weighted by Crippen LogP contribution is 2.27. The number of guanidine groups is 1. The Balaban J connectivity index is 1.66. The summed E-state index contributed by atoms with van der Waals surface area (Å²) in [5.41, 5.74) is 2.66. The highest BCUT2D eigenvalue weighted by molar-refractivity contribution is 5.98. The zero-order valence-corrected chi connectivity index (χ0v) is 20.8. The molecular formula is C28H32N4O4. The molecule has 3 aromatic rings. The average molecular weight is 489 g/mol. The average Bonchev–Trinajstić information content (AvgIpc) is 2.88. The molecule has 3 rings (SSSR count). The van der Waals surface area contributed by atoms with Crippen molar-refractivity contribution in [3.05, 3.63) is 95.6 Å². The molecule has 1 atom stereocenters. The molecule has 2 amide bonds. The number of rotatable bonds is 10. The van der Waals surface area contributed by atoms with E-state index >= 15 is 0 Å². The Kier molecular flexibility index (Phi) is 9.45. The summed E-state index contributed by atoms with van der Waals surface area (Å²) in [6, 6.07) is 23.8. The van der Waals surface area contributed by atoms with Gasteiger partial charge in [0.15, 0.2) is 17.5 Å². The van der Waals surface area contributed by atoms with E-state index < -0.39 is 6.04 Å². The van der Waals surface area contributed by atoms with Gasteiger partial charge in [-0.2, -0.15) is 0 Å². The van der Waals surface area contributed by atoms with Crippen LogP contribution in [0.1, 0.15) is 16.7 Å². The number of amides is 2. The van der Waals surface area contributed by atoms with Crippen molar-refractivity contribution in [2.75, 3.05) is 21.3 Å². The molecule has 8 nitrogen and oxygen atoms in total. The number of benzene rings is 3. The fraction of sp³-hybridized carbons (Fsp3) is 0.250. The number of carbonyl (C=O) groups excluding carboxylic acids is 2. The van der Waals surface area contributed by atoms with Crippen LogP contribution in [0.2, 0.25) is 0 Å². The molecule has 0 aliphatic carbocycles. The molecule has 0 unspecified atom stereocenters. The van der Waals surface area contributed by atoms with Gasteiger partial charge in [0.2, 0.25) is 11.8 Å². The van der Waals surface area contributed by atoms with Crippen LogP contribution in [-0.4, -0.2) is 50.0 Å². The van der Waals surface area contributed by atoms with E-state index in [0.717, 1.165) is 11.1 Å². The lowest BCUT2D eigenvalue weighted by molar-refractivity contribution is -0.132. The third kappa shape index (κ3) is 7.59. The second kappa shape index (κ2) is 12.9. The first-order valence-corrected chi connectivity index (χ1v) is 11.6. The van der Waals surface area contributed by atoms with Crippen LogP contribution in [0.4, 0.5) is 0 Å². The first-order chi connectivity index (χ1) is 17.4. The summed E-state index contributed by atoms with van der Waals surface area (Å²) in [4.78, 5) is 27.5. The van der Waals surface area contributed by atoms with Crippen molar-refractivity contribution in [3.63, 3.8) is 0 Å². The smallest absolute Gasteiger partial charge is 0.245 e. The molecule has 36 heavy (non-hydrogen) atoms. The Hall–Kier alpha value is -4.33. The molecular weight excluding hydrogens is 456 g/mol. The standard InChI is InChI=1S/C28H32N4O4/c1-32(19-21-12-8-5-9-13-21)27(34)23(16-20-10-6-4-7-11-20)30-28(29)31-26(33)18-22-14-15-24(35-2)25(17-22)36-3/h4-15,17,23H,16,18-19H2,1-3H3,(H3,29,30,31,33)/t23-/m1/s1. The van der Waals surface area contributed by atoms with Gasteiger partial charge in [0, 0.05) is 20.0 Å². The maximum Gasteiger partial charge on any atom is 0.245 e. The Morgan fingerprint density at radius 3 is 2.08 bits per heavy atom. The Labute approximate surface area is 211 Å². The zero-order valence-electron chi connectivity index (χ0n) is 20.8. The number of nitrogens with zero attached hydrogens (tertiary/aromatic N) is 1. The van der Waals surface area contributed by atoms with Crippen molar-refractivity contribution >= 4 is 17.8 Å². The number of hydrogen-bond acceptors (Lipinski definition) is 5. The van der Waals surface area contributed by atoms with Gasteiger partial charge in [-0.25, -0.2) is 0 Å². The highest BCUT2D eigenvalue weighted by Gasteiger charge is 2.24. The third-order valence-corrected chi connectivity index (χ3v) is 5.62. The molecule has 0 spiro atoms. The minimum absolute atomic E-state index is 0.0373. The second-order valence-corrected chi connectivity index (χ2v) is 8.36. The van der Waals surface area contributed by atoms with E-state index in [2.05, 4.69) is 10.6 Å². The van der Waals surface area contributed by atoms with Gasteiger partial charge in [0.05, 0.1) is 20.6 Å². The van der Waals surface area contributed by atoms with Gasteiger partial charge < -0.3 is 19.7 Å². The molecule has 188 valence electrons. The van der Waals surface area contributed by atoms with E-state index in [4.69, 9.17) is 14.9 Å². The summed E-state index contributed by atoms with van der Waals surface area (Å²) >= 11 is 0.